The number of hydrogen-bond acceptors (Lipinski definition) is 2. The van der Waals surface area contributed by atoms with E-state index in [-0.39, 0.29) is 11.0 Å². The topological polar surface area (TPSA) is 67.2 Å². The molecule has 0 aliphatic heterocycles. The molecule has 2 aromatic carbocycles. The quantitative estimate of drug-likeness (QED) is 0.759. The molecule has 0 radical (unpaired) electrons. The minimum absolute atomic E-state index is 0.158. The van der Waals surface area contributed by atoms with E-state index in [2.05, 4.69) is 10.6 Å². The van der Waals surface area contributed by atoms with E-state index < -0.39 is 0 Å². The van der Waals surface area contributed by atoms with E-state index in [1.165, 1.54) is 0 Å². The number of nitrogens with two attached hydrogens (primary N) is 1. The highest BCUT2D eigenvalue weighted by atomic mass is 32.1. The molecule has 102 valence electrons. The Morgan fingerprint density at radius 3 is 2.40 bits per heavy atom. The Hall–Kier alpha value is -2.40. The summed E-state index contributed by atoms with van der Waals surface area (Å²) in [5.41, 5.74) is 8.45. The fourth-order valence-corrected chi connectivity index (χ4v) is 1.90. The van der Waals surface area contributed by atoms with Crippen LogP contribution in [0.25, 0.3) is 0 Å². The van der Waals surface area contributed by atoms with Gasteiger partial charge in [-0.25, -0.2) is 0 Å². The summed E-state index contributed by atoms with van der Waals surface area (Å²) in [7, 11) is 0. The van der Waals surface area contributed by atoms with E-state index >= 15 is 0 Å². The number of nitrogens with one attached hydrogen (secondary N) is 2. The van der Waals surface area contributed by atoms with Crippen LogP contribution in [0, 0.1) is 6.92 Å². The fourth-order valence-electron chi connectivity index (χ4n) is 1.79. The summed E-state index contributed by atoms with van der Waals surface area (Å²) < 4.78 is 0. The molecule has 0 atom stereocenters. The zero-order valence-electron chi connectivity index (χ0n) is 11.0. The summed E-state index contributed by atoms with van der Waals surface area (Å²) in [6.45, 7) is 1.95. The van der Waals surface area contributed by atoms with Crippen LogP contribution in [-0.2, 0) is 0 Å². The van der Waals surface area contributed by atoms with Crippen LogP contribution in [0.4, 0.5) is 11.4 Å². The van der Waals surface area contributed by atoms with Gasteiger partial charge in [-0.1, -0.05) is 24.3 Å². The van der Waals surface area contributed by atoms with Crippen molar-refractivity contribution >= 4 is 34.6 Å². The highest BCUT2D eigenvalue weighted by Gasteiger charge is 2.09. The number of carbonyl (C=O) groups excluding carboxylic acids is 1. The molecule has 2 aromatic rings. The van der Waals surface area contributed by atoms with Gasteiger partial charge in [-0.3, -0.25) is 4.79 Å². The number of carbonyl (C=O) groups is 1. The predicted molar refractivity (Wildman–Crippen MR) is 86.0 cm³/mol. The monoisotopic (exact) mass is 285 g/mol. The summed E-state index contributed by atoms with van der Waals surface area (Å²) in [4.78, 5) is 12.1. The lowest BCUT2D eigenvalue weighted by Gasteiger charge is -2.13. The molecule has 20 heavy (non-hydrogen) atoms. The highest BCUT2D eigenvalue weighted by Crippen LogP contribution is 2.23. The van der Waals surface area contributed by atoms with E-state index in [0.717, 1.165) is 5.56 Å². The van der Waals surface area contributed by atoms with E-state index in [4.69, 9.17) is 18.0 Å². The van der Waals surface area contributed by atoms with Gasteiger partial charge in [-0.05, 0) is 49.0 Å². The second-order valence-electron chi connectivity index (χ2n) is 4.36. The third-order valence-electron chi connectivity index (χ3n) is 2.72. The minimum atomic E-state index is -0.180. The van der Waals surface area contributed by atoms with Gasteiger partial charge in [-0.15, -0.1) is 0 Å². The van der Waals surface area contributed by atoms with E-state index in [1.807, 2.05) is 43.3 Å². The summed E-state index contributed by atoms with van der Waals surface area (Å²) in [6, 6.07) is 14.6. The van der Waals surface area contributed by atoms with Crippen LogP contribution in [0.2, 0.25) is 0 Å². The standard InChI is InChI=1S/C15H15N3OS/c1-10-7-8-12(13(9-10)18-15(16)20)17-14(19)11-5-3-2-4-6-11/h2-9H,1H3,(H,17,19)(H3,16,18,20). The van der Waals surface area contributed by atoms with Gasteiger partial charge in [0.05, 0.1) is 11.4 Å². The van der Waals surface area contributed by atoms with Crippen molar-refractivity contribution in [3.8, 4) is 0 Å². The molecule has 0 bridgehead atoms. The minimum Gasteiger partial charge on any atom is -0.376 e. The van der Waals surface area contributed by atoms with Crippen molar-refractivity contribution in [1.29, 1.82) is 0 Å². The molecule has 0 aliphatic rings. The zero-order chi connectivity index (χ0) is 14.5. The molecular formula is C15H15N3OS. The summed E-state index contributed by atoms with van der Waals surface area (Å²) in [6.07, 6.45) is 0. The molecule has 0 aromatic heterocycles. The molecule has 1 amide bonds. The van der Waals surface area contributed by atoms with Crippen molar-refractivity contribution in [2.75, 3.05) is 10.6 Å². The molecule has 0 heterocycles. The number of rotatable bonds is 3. The smallest absolute Gasteiger partial charge is 0.255 e. The maximum absolute atomic E-state index is 12.1. The number of anilines is 2. The molecule has 0 unspecified atom stereocenters. The molecular weight excluding hydrogens is 270 g/mol. The van der Waals surface area contributed by atoms with Crippen LogP contribution in [0.5, 0.6) is 0 Å². The van der Waals surface area contributed by atoms with Crippen molar-refractivity contribution in [3.63, 3.8) is 0 Å². The lowest BCUT2D eigenvalue weighted by Crippen LogP contribution is -2.21. The first kappa shape index (κ1) is 14.0. The van der Waals surface area contributed by atoms with Gasteiger partial charge in [-0.2, -0.15) is 0 Å². The predicted octanol–water partition coefficient (Wildman–Crippen LogP) is 2.90. The number of thiocarbonyl (C=S) groups is 1. The normalized spacial score (nSPS) is 9.85. The van der Waals surface area contributed by atoms with Crippen molar-refractivity contribution in [1.82, 2.24) is 0 Å². The number of amides is 1. The van der Waals surface area contributed by atoms with E-state index in [1.54, 1.807) is 12.1 Å². The molecule has 2 rings (SSSR count). The first-order valence-corrected chi connectivity index (χ1v) is 6.50. The first-order valence-electron chi connectivity index (χ1n) is 6.10. The third-order valence-corrected chi connectivity index (χ3v) is 2.82. The number of aryl methyl sites for hydroxylation is 1. The summed E-state index contributed by atoms with van der Waals surface area (Å²) >= 11 is 4.84. The fraction of sp³-hybridized carbons (Fsp3) is 0.0667. The molecule has 5 heteroatoms. The average molecular weight is 285 g/mol. The van der Waals surface area contributed by atoms with Crippen molar-refractivity contribution < 1.29 is 4.79 Å². The number of hydrogen-bond donors (Lipinski definition) is 3. The highest BCUT2D eigenvalue weighted by molar-refractivity contribution is 7.80. The maximum atomic E-state index is 12.1. The molecule has 0 saturated carbocycles. The largest absolute Gasteiger partial charge is 0.376 e. The van der Waals surface area contributed by atoms with Crippen LogP contribution in [0.3, 0.4) is 0 Å². The lowest BCUT2D eigenvalue weighted by atomic mass is 10.1. The molecule has 0 spiro atoms. The lowest BCUT2D eigenvalue weighted by molar-refractivity contribution is 0.102. The van der Waals surface area contributed by atoms with E-state index in [0.29, 0.717) is 16.9 Å². The molecule has 0 saturated heterocycles. The van der Waals surface area contributed by atoms with Gasteiger partial charge in [0.1, 0.15) is 0 Å². The Morgan fingerprint density at radius 1 is 1.05 bits per heavy atom. The maximum Gasteiger partial charge on any atom is 0.255 e. The second kappa shape index (κ2) is 6.16. The Labute approximate surface area is 123 Å². The Morgan fingerprint density at radius 2 is 1.75 bits per heavy atom. The van der Waals surface area contributed by atoms with Crippen LogP contribution in [0.1, 0.15) is 15.9 Å². The molecule has 0 aliphatic carbocycles. The van der Waals surface area contributed by atoms with Crippen LogP contribution >= 0.6 is 12.2 Å². The average Bonchev–Trinajstić information content (AvgIpc) is 2.42. The summed E-state index contributed by atoms with van der Waals surface area (Å²) in [5.74, 6) is -0.180. The molecule has 4 N–H and O–H groups in total. The number of benzene rings is 2. The van der Waals surface area contributed by atoms with Gasteiger partial charge in [0.15, 0.2) is 5.11 Å². The molecule has 0 fully saturated rings. The van der Waals surface area contributed by atoms with Crippen molar-refractivity contribution in [3.05, 3.63) is 59.7 Å². The second-order valence-corrected chi connectivity index (χ2v) is 4.80. The van der Waals surface area contributed by atoms with Crippen LogP contribution in [-0.4, -0.2) is 11.0 Å². The Balaban J connectivity index is 2.25. The van der Waals surface area contributed by atoms with Gasteiger partial charge in [0, 0.05) is 5.56 Å². The van der Waals surface area contributed by atoms with Gasteiger partial charge >= 0.3 is 0 Å². The Kier molecular flexibility index (Phi) is 4.32. The van der Waals surface area contributed by atoms with Gasteiger partial charge in [0.25, 0.3) is 5.91 Å². The van der Waals surface area contributed by atoms with Crippen molar-refractivity contribution in [2.24, 2.45) is 5.73 Å². The summed E-state index contributed by atoms with van der Waals surface area (Å²) in [5, 5.41) is 5.87. The molecule has 4 nitrogen and oxygen atoms in total. The third kappa shape index (κ3) is 3.55. The SMILES string of the molecule is Cc1ccc(NC(=O)c2ccccc2)c(NC(N)=S)c1. The Bertz CT molecular complexity index is 641. The van der Waals surface area contributed by atoms with Crippen LogP contribution in [0.15, 0.2) is 48.5 Å². The first-order chi connectivity index (χ1) is 9.56. The van der Waals surface area contributed by atoms with Gasteiger partial charge < -0.3 is 16.4 Å². The van der Waals surface area contributed by atoms with E-state index in [9.17, 15) is 4.79 Å². The zero-order valence-corrected chi connectivity index (χ0v) is 11.8. The van der Waals surface area contributed by atoms with Crippen molar-refractivity contribution in [2.45, 2.75) is 6.92 Å². The van der Waals surface area contributed by atoms with Gasteiger partial charge in [0.2, 0.25) is 0 Å². The van der Waals surface area contributed by atoms with Crippen LogP contribution < -0.4 is 16.4 Å².